The van der Waals surface area contributed by atoms with E-state index in [9.17, 15) is 4.79 Å². The van der Waals surface area contributed by atoms with Crippen LogP contribution >= 0.6 is 23.4 Å². The van der Waals surface area contributed by atoms with Crippen LogP contribution in [0.25, 0.3) is 5.78 Å². The largest absolute Gasteiger partial charge is 0.349 e. The van der Waals surface area contributed by atoms with Crippen LogP contribution in [-0.4, -0.2) is 31.2 Å². The molecule has 2 heterocycles. The highest BCUT2D eigenvalue weighted by Crippen LogP contribution is 2.23. The van der Waals surface area contributed by atoms with Crippen LogP contribution in [-0.2, 0) is 4.79 Å². The molecular formula is C18H20ClN5OS. The summed E-state index contributed by atoms with van der Waals surface area (Å²) in [5, 5.41) is 8.57. The maximum Gasteiger partial charge on any atom is 0.253 e. The third-order valence-electron chi connectivity index (χ3n) is 4.32. The average Bonchev–Trinajstić information content (AvgIpc) is 3.01. The summed E-state index contributed by atoms with van der Waals surface area (Å²) in [6, 6.07) is 7.32. The number of aryl methyl sites for hydroxylation is 2. The van der Waals surface area contributed by atoms with E-state index in [1.165, 1.54) is 11.8 Å². The predicted molar refractivity (Wildman–Crippen MR) is 104 cm³/mol. The second kappa shape index (κ2) is 7.63. The Morgan fingerprint density at radius 1 is 1.27 bits per heavy atom. The lowest BCUT2D eigenvalue weighted by molar-refractivity contribution is -0.119. The standard InChI is InChI=1S/C18H20ClN5OS/c1-10-11(2)21-17-22-18(23-24(17)13(10)4)26-9-16(25)20-12(3)14-7-5-6-8-15(14)19/h5-8,12H,9H2,1-4H3,(H,20,25). The highest BCUT2D eigenvalue weighted by Gasteiger charge is 2.15. The maximum absolute atomic E-state index is 12.2. The van der Waals surface area contributed by atoms with Gasteiger partial charge in [-0.1, -0.05) is 41.6 Å². The average molecular weight is 390 g/mol. The van der Waals surface area contributed by atoms with Crippen molar-refractivity contribution in [2.75, 3.05) is 5.75 Å². The van der Waals surface area contributed by atoms with Gasteiger partial charge in [0.15, 0.2) is 0 Å². The van der Waals surface area contributed by atoms with E-state index in [2.05, 4.69) is 20.4 Å². The van der Waals surface area contributed by atoms with Crippen LogP contribution < -0.4 is 5.32 Å². The van der Waals surface area contributed by atoms with Crippen molar-refractivity contribution in [1.82, 2.24) is 24.9 Å². The molecule has 8 heteroatoms. The summed E-state index contributed by atoms with van der Waals surface area (Å²) in [5.74, 6) is 0.680. The zero-order valence-corrected chi connectivity index (χ0v) is 16.6. The minimum absolute atomic E-state index is 0.0988. The number of thioether (sulfide) groups is 1. The second-order valence-corrected chi connectivity index (χ2v) is 7.46. The van der Waals surface area contributed by atoms with E-state index >= 15 is 0 Å². The number of nitrogens with one attached hydrogen (secondary N) is 1. The van der Waals surface area contributed by atoms with Crippen molar-refractivity contribution in [3.05, 3.63) is 51.8 Å². The van der Waals surface area contributed by atoms with Gasteiger partial charge in [-0.2, -0.15) is 4.98 Å². The first kappa shape index (κ1) is 18.7. The number of fused-ring (bicyclic) bond motifs is 1. The van der Waals surface area contributed by atoms with Crippen molar-refractivity contribution < 1.29 is 4.79 Å². The normalized spacial score (nSPS) is 12.3. The summed E-state index contributed by atoms with van der Waals surface area (Å²) in [4.78, 5) is 21.1. The van der Waals surface area contributed by atoms with E-state index < -0.39 is 0 Å². The van der Waals surface area contributed by atoms with Crippen LogP contribution in [0.3, 0.4) is 0 Å². The minimum Gasteiger partial charge on any atom is -0.349 e. The number of nitrogens with zero attached hydrogens (tertiary/aromatic N) is 4. The summed E-state index contributed by atoms with van der Waals surface area (Å²) in [6.07, 6.45) is 0. The summed E-state index contributed by atoms with van der Waals surface area (Å²) in [5.41, 5.74) is 3.92. The van der Waals surface area contributed by atoms with Crippen LogP contribution in [0.2, 0.25) is 5.02 Å². The van der Waals surface area contributed by atoms with Crippen LogP contribution in [0, 0.1) is 20.8 Å². The van der Waals surface area contributed by atoms with E-state index in [4.69, 9.17) is 11.6 Å². The monoisotopic (exact) mass is 389 g/mol. The summed E-state index contributed by atoms with van der Waals surface area (Å²) in [6.45, 7) is 7.85. The van der Waals surface area contributed by atoms with Gasteiger partial charge in [0.25, 0.3) is 5.78 Å². The number of amides is 1. The van der Waals surface area contributed by atoms with Crippen molar-refractivity contribution in [3.63, 3.8) is 0 Å². The molecule has 0 saturated heterocycles. The van der Waals surface area contributed by atoms with E-state index in [0.717, 1.165) is 22.5 Å². The first-order valence-corrected chi connectivity index (χ1v) is 9.60. The Bertz CT molecular complexity index is 972. The number of hydrogen-bond acceptors (Lipinski definition) is 5. The molecule has 2 aromatic heterocycles. The van der Waals surface area contributed by atoms with E-state index in [1.54, 1.807) is 4.52 Å². The number of hydrogen-bond donors (Lipinski definition) is 1. The van der Waals surface area contributed by atoms with Crippen molar-refractivity contribution in [2.45, 2.75) is 38.9 Å². The van der Waals surface area contributed by atoms with Gasteiger partial charge in [0.05, 0.1) is 11.8 Å². The van der Waals surface area contributed by atoms with Gasteiger partial charge < -0.3 is 5.32 Å². The highest BCUT2D eigenvalue weighted by molar-refractivity contribution is 7.99. The predicted octanol–water partition coefficient (Wildman–Crippen LogP) is 3.67. The number of halogens is 1. The fourth-order valence-corrected chi connectivity index (χ4v) is 3.54. The molecule has 3 aromatic rings. The van der Waals surface area contributed by atoms with E-state index in [0.29, 0.717) is 16.0 Å². The van der Waals surface area contributed by atoms with Gasteiger partial charge in [-0.05, 0) is 44.9 Å². The lowest BCUT2D eigenvalue weighted by Gasteiger charge is -2.15. The molecule has 0 aliphatic carbocycles. The van der Waals surface area contributed by atoms with Crippen LogP contribution in [0.4, 0.5) is 0 Å². The number of carbonyl (C=O) groups excluding carboxylic acids is 1. The molecule has 26 heavy (non-hydrogen) atoms. The Morgan fingerprint density at radius 3 is 2.73 bits per heavy atom. The zero-order valence-electron chi connectivity index (χ0n) is 15.1. The molecule has 1 N–H and O–H groups in total. The molecular weight excluding hydrogens is 370 g/mol. The lowest BCUT2D eigenvalue weighted by Crippen LogP contribution is -2.28. The molecule has 0 aliphatic rings. The topological polar surface area (TPSA) is 72.2 Å². The number of aromatic nitrogens is 4. The molecule has 1 amide bonds. The Hall–Kier alpha value is -2.12. The van der Waals surface area contributed by atoms with Crippen LogP contribution in [0.15, 0.2) is 29.4 Å². The molecule has 3 rings (SSSR count). The fourth-order valence-electron chi connectivity index (χ4n) is 2.62. The van der Waals surface area contributed by atoms with Crippen LogP contribution in [0.1, 0.15) is 35.5 Å². The molecule has 0 saturated carbocycles. The molecule has 1 atom stereocenters. The Morgan fingerprint density at radius 2 is 2.00 bits per heavy atom. The van der Waals surface area contributed by atoms with Crippen molar-refractivity contribution in [1.29, 1.82) is 0 Å². The quantitative estimate of drug-likeness (QED) is 0.674. The van der Waals surface area contributed by atoms with Gasteiger partial charge in [-0.25, -0.2) is 9.50 Å². The molecule has 6 nitrogen and oxygen atoms in total. The number of carbonyl (C=O) groups is 1. The molecule has 0 fully saturated rings. The Labute approximate surface area is 161 Å². The van der Waals surface area contributed by atoms with Gasteiger partial charge in [-0.3, -0.25) is 4.79 Å². The second-order valence-electron chi connectivity index (χ2n) is 6.11. The van der Waals surface area contributed by atoms with Crippen molar-refractivity contribution in [2.24, 2.45) is 0 Å². The maximum atomic E-state index is 12.2. The smallest absolute Gasteiger partial charge is 0.253 e. The van der Waals surface area contributed by atoms with Crippen LogP contribution in [0.5, 0.6) is 0 Å². The van der Waals surface area contributed by atoms with Gasteiger partial charge in [0.1, 0.15) is 0 Å². The Kier molecular flexibility index (Phi) is 5.48. The molecule has 136 valence electrons. The van der Waals surface area contributed by atoms with Gasteiger partial charge >= 0.3 is 0 Å². The fraction of sp³-hybridized carbons (Fsp3) is 0.333. The lowest BCUT2D eigenvalue weighted by atomic mass is 10.1. The Balaban J connectivity index is 1.65. The third-order valence-corrected chi connectivity index (χ3v) is 5.50. The van der Waals surface area contributed by atoms with Gasteiger partial charge in [-0.15, -0.1) is 5.10 Å². The first-order valence-electron chi connectivity index (χ1n) is 8.24. The summed E-state index contributed by atoms with van der Waals surface area (Å²) < 4.78 is 1.72. The molecule has 0 radical (unpaired) electrons. The first-order chi connectivity index (χ1) is 12.4. The third kappa shape index (κ3) is 3.83. The minimum atomic E-state index is -0.167. The molecule has 1 aromatic carbocycles. The molecule has 0 spiro atoms. The van der Waals surface area contributed by atoms with Gasteiger partial charge in [0, 0.05) is 16.4 Å². The SMILES string of the molecule is Cc1nc2nc(SCC(=O)NC(C)c3ccccc3Cl)nn2c(C)c1C. The van der Waals surface area contributed by atoms with E-state index in [-0.39, 0.29) is 17.7 Å². The highest BCUT2D eigenvalue weighted by atomic mass is 35.5. The van der Waals surface area contributed by atoms with E-state index in [1.807, 2.05) is 52.0 Å². The molecule has 1 unspecified atom stereocenters. The molecule has 0 bridgehead atoms. The molecule has 0 aliphatic heterocycles. The number of rotatable bonds is 5. The zero-order chi connectivity index (χ0) is 18.8. The van der Waals surface area contributed by atoms with Crippen molar-refractivity contribution >= 4 is 35.0 Å². The summed E-state index contributed by atoms with van der Waals surface area (Å²) >= 11 is 7.46. The van der Waals surface area contributed by atoms with Gasteiger partial charge in [0.2, 0.25) is 11.1 Å². The summed E-state index contributed by atoms with van der Waals surface area (Å²) in [7, 11) is 0. The number of benzene rings is 1. The van der Waals surface area contributed by atoms with Crippen molar-refractivity contribution in [3.8, 4) is 0 Å².